The highest BCUT2D eigenvalue weighted by molar-refractivity contribution is 7.20. The molecule has 1 aromatic carbocycles. The molecule has 0 N–H and O–H groups in total. The Bertz CT molecular complexity index is 973. The van der Waals surface area contributed by atoms with Gasteiger partial charge in [0.2, 0.25) is 0 Å². The van der Waals surface area contributed by atoms with Gasteiger partial charge in [0.15, 0.2) is 0 Å². The van der Waals surface area contributed by atoms with E-state index in [1.165, 1.54) is 11.3 Å². The minimum atomic E-state index is 0.0311. The Morgan fingerprint density at radius 1 is 1.26 bits per heavy atom. The SMILES string of the molecule is COc1ccc2sc(OC3CCN(C(=O)c4cc(C)nn4C)CC3)nc2c1. The van der Waals surface area contributed by atoms with E-state index < -0.39 is 0 Å². The van der Waals surface area contributed by atoms with E-state index in [2.05, 4.69) is 10.1 Å². The molecule has 0 bridgehead atoms. The summed E-state index contributed by atoms with van der Waals surface area (Å²) in [6.07, 6.45) is 1.66. The largest absolute Gasteiger partial charge is 0.497 e. The van der Waals surface area contributed by atoms with Crippen molar-refractivity contribution < 1.29 is 14.3 Å². The molecule has 0 aliphatic carbocycles. The fourth-order valence-corrected chi connectivity index (χ4v) is 4.22. The summed E-state index contributed by atoms with van der Waals surface area (Å²) in [4.78, 5) is 19.1. The first-order chi connectivity index (χ1) is 13.0. The van der Waals surface area contributed by atoms with Crippen LogP contribution in [0.3, 0.4) is 0 Å². The lowest BCUT2D eigenvalue weighted by Crippen LogP contribution is -2.42. The van der Waals surface area contributed by atoms with E-state index in [0.717, 1.165) is 34.5 Å². The van der Waals surface area contributed by atoms with Gasteiger partial charge >= 0.3 is 0 Å². The average Bonchev–Trinajstić information content (AvgIpc) is 3.22. The van der Waals surface area contributed by atoms with Crippen molar-refractivity contribution in [2.45, 2.75) is 25.9 Å². The number of carbonyl (C=O) groups excluding carboxylic acids is 1. The van der Waals surface area contributed by atoms with Gasteiger partial charge in [-0.15, -0.1) is 0 Å². The van der Waals surface area contributed by atoms with Crippen molar-refractivity contribution in [1.82, 2.24) is 19.7 Å². The van der Waals surface area contributed by atoms with E-state index in [1.54, 1.807) is 18.8 Å². The number of methoxy groups -OCH3 is 1. The lowest BCUT2D eigenvalue weighted by Gasteiger charge is -2.31. The number of ether oxygens (including phenoxy) is 2. The topological polar surface area (TPSA) is 69.5 Å². The summed E-state index contributed by atoms with van der Waals surface area (Å²) in [7, 11) is 3.45. The van der Waals surface area contributed by atoms with E-state index in [-0.39, 0.29) is 12.0 Å². The molecule has 0 radical (unpaired) electrons. The van der Waals surface area contributed by atoms with Crippen molar-refractivity contribution in [1.29, 1.82) is 0 Å². The third kappa shape index (κ3) is 3.62. The quantitative estimate of drug-likeness (QED) is 0.689. The number of nitrogens with zero attached hydrogens (tertiary/aromatic N) is 4. The Kier molecular flexibility index (Phi) is 4.73. The van der Waals surface area contributed by atoms with Crippen LogP contribution in [0.25, 0.3) is 10.2 Å². The predicted molar refractivity (Wildman–Crippen MR) is 104 cm³/mol. The van der Waals surface area contributed by atoms with E-state index >= 15 is 0 Å². The number of benzene rings is 1. The minimum absolute atomic E-state index is 0.0311. The molecule has 0 saturated carbocycles. The van der Waals surface area contributed by atoms with Gasteiger partial charge in [-0.25, -0.2) is 4.98 Å². The molecule has 4 rings (SSSR count). The Labute approximate surface area is 161 Å². The zero-order chi connectivity index (χ0) is 19.0. The Hall–Kier alpha value is -2.61. The molecule has 1 amide bonds. The third-order valence-corrected chi connectivity index (χ3v) is 5.72. The maximum atomic E-state index is 12.7. The van der Waals surface area contributed by atoms with Crippen LogP contribution in [0.1, 0.15) is 29.0 Å². The number of rotatable bonds is 4. The Morgan fingerprint density at radius 2 is 2.04 bits per heavy atom. The highest BCUT2D eigenvalue weighted by atomic mass is 32.1. The zero-order valence-electron chi connectivity index (χ0n) is 15.6. The van der Waals surface area contributed by atoms with Gasteiger partial charge in [-0.05, 0) is 25.1 Å². The van der Waals surface area contributed by atoms with Crippen LogP contribution in [-0.4, -0.2) is 51.9 Å². The van der Waals surface area contributed by atoms with E-state index in [4.69, 9.17) is 9.47 Å². The van der Waals surface area contributed by atoms with Gasteiger partial charge in [0, 0.05) is 39.0 Å². The van der Waals surface area contributed by atoms with Crippen LogP contribution in [-0.2, 0) is 7.05 Å². The van der Waals surface area contributed by atoms with E-state index in [1.807, 2.05) is 36.1 Å². The number of likely N-dealkylation sites (tertiary alicyclic amines) is 1. The van der Waals surface area contributed by atoms with Crippen LogP contribution >= 0.6 is 11.3 Å². The highest BCUT2D eigenvalue weighted by Gasteiger charge is 2.27. The summed E-state index contributed by atoms with van der Waals surface area (Å²) in [5, 5.41) is 4.93. The van der Waals surface area contributed by atoms with Gasteiger partial charge in [0.1, 0.15) is 17.5 Å². The molecule has 1 fully saturated rings. The molecule has 142 valence electrons. The second-order valence-corrected chi connectivity index (χ2v) is 7.71. The van der Waals surface area contributed by atoms with Gasteiger partial charge in [-0.1, -0.05) is 11.3 Å². The van der Waals surface area contributed by atoms with E-state index in [9.17, 15) is 4.79 Å². The highest BCUT2D eigenvalue weighted by Crippen LogP contribution is 2.32. The fourth-order valence-electron chi connectivity index (χ4n) is 3.36. The van der Waals surface area contributed by atoms with Crippen LogP contribution in [0.4, 0.5) is 0 Å². The van der Waals surface area contributed by atoms with Gasteiger partial charge in [-0.3, -0.25) is 9.48 Å². The molecular weight excluding hydrogens is 364 g/mol. The first-order valence-corrected chi connectivity index (χ1v) is 9.76. The standard InChI is InChI=1S/C19H22N4O3S/c1-12-10-16(22(2)21-12)18(24)23-8-6-13(7-9-23)26-19-20-15-11-14(25-3)4-5-17(15)27-19/h4-5,10-11,13H,6-9H2,1-3H3. The summed E-state index contributed by atoms with van der Waals surface area (Å²) in [5.41, 5.74) is 2.37. The molecule has 1 saturated heterocycles. The predicted octanol–water partition coefficient (Wildman–Crippen LogP) is 3.03. The molecule has 0 spiro atoms. The molecule has 1 aliphatic heterocycles. The molecule has 7 nitrogen and oxygen atoms in total. The molecule has 3 aromatic rings. The number of amides is 1. The minimum Gasteiger partial charge on any atom is -0.497 e. The lowest BCUT2D eigenvalue weighted by atomic mass is 10.1. The number of hydrogen-bond donors (Lipinski definition) is 0. The first-order valence-electron chi connectivity index (χ1n) is 8.94. The molecule has 27 heavy (non-hydrogen) atoms. The number of piperidine rings is 1. The van der Waals surface area contributed by atoms with Crippen molar-refractivity contribution in [3.05, 3.63) is 35.7 Å². The first kappa shape index (κ1) is 17.8. The number of thiazole rings is 1. The summed E-state index contributed by atoms with van der Waals surface area (Å²) >= 11 is 1.54. The van der Waals surface area contributed by atoms with Crippen LogP contribution in [0.15, 0.2) is 24.3 Å². The van der Waals surface area contributed by atoms with Crippen molar-refractivity contribution in [3.8, 4) is 10.9 Å². The molecule has 0 unspecified atom stereocenters. The van der Waals surface area contributed by atoms with Crippen molar-refractivity contribution >= 4 is 27.5 Å². The molecule has 2 aromatic heterocycles. The van der Waals surface area contributed by atoms with E-state index in [0.29, 0.717) is 24.0 Å². The monoisotopic (exact) mass is 386 g/mol. The van der Waals surface area contributed by atoms with Crippen molar-refractivity contribution in [2.75, 3.05) is 20.2 Å². The Balaban J connectivity index is 1.38. The van der Waals surface area contributed by atoms with Crippen LogP contribution in [0.5, 0.6) is 10.9 Å². The fraction of sp³-hybridized carbons (Fsp3) is 0.421. The smallest absolute Gasteiger partial charge is 0.274 e. The number of fused-ring (bicyclic) bond motifs is 1. The van der Waals surface area contributed by atoms with Gasteiger partial charge in [0.25, 0.3) is 11.1 Å². The summed E-state index contributed by atoms with van der Waals surface area (Å²) in [5.74, 6) is 0.820. The number of hydrogen-bond acceptors (Lipinski definition) is 6. The van der Waals surface area contributed by atoms with Crippen LogP contribution < -0.4 is 9.47 Å². The third-order valence-electron chi connectivity index (χ3n) is 4.79. The van der Waals surface area contributed by atoms with Gasteiger partial charge < -0.3 is 14.4 Å². The second kappa shape index (κ2) is 7.19. The molecule has 1 aliphatic rings. The second-order valence-electron chi connectivity index (χ2n) is 6.72. The number of aryl methyl sites for hydroxylation is 2. The molecule has 8 heteroatoms. The summed E-state index contributed by atoms with van der Waals surface area (Å²) in [6.45, 7) is 3.24. The van der Waals surface area contributed by atoms with Crippen molar-refractivity contribution in [2.24, 2.45) is 7.05 Å². The Morgan fingerprint density at radius 3 is 2.70 bits per heavy atom. The zero-order valence-corrected chi connectivity index (χ0v) is 16.5. The summed E-state index contributed by atoms with van der Waals surface area (Å²) in [6, 6.07) is 7.67. The molecule has 0 atom stereocenters. The maximum Gasteiger partial charge on any atom is 0.274 e. The van der Waals surface area contributed by atoms with Gasteiger partial charge in [-0.2, -0.15) is 5.10 Å². The maximum absolute atomic E-state index is 12.7. The van der Waals surface area contributed by atoms with Crippen LogP contribution in [0.2, 0.25) is 0 Å². The van der Waals surface area contributed by atoms with Crippen LogP contribution in [0, 0.1) is 6.92 Å². The lowest BCUT2D eigenvalue weighted by molar-refractivity contribution is 0.0585. The average molecular weight is 386 g/mol. The summed E-state index contributed by atoms with van der Waals surface area (Å²) < 4.78 is 14.1. The normalized spacial score (nSPS) is 15.3. The number of aromatic nitrogens is 3. The molecule has 3 heterocycles. The molecular formula is C19H22N4O3S. The van der Waals surface area contributed by atoms with Crippen molar-refractivity contribution in [3.63, 3.8) is 0 Å². The number of carbonyl (C=O) groups is 1. The van der Waals surface area contributed by atoms with Gasteiger partial charge in [0.05, 0.1) is 23.0 Å².